The standard InChI is InChI=1S/C14H28N2O/c1-3-11-5-6-13(15)14(9-11)16-7-8-17-12(4-2)10-16/h11-14H,3-10,15H2,1-2H3. The number of nitrogens with zero attached hydrogens (tertiary/aromatic N) is 1. The summed E-state index contributed by atoms with van der Waals surface area (Å²) in [6, 6.07) is 0.986. The van der Waals surface area contributed by atoms with E-state index in [2.05, 4.69) is 18.7 Å². The Hall–Kier alpha value is -0.120. The number of rotatable bonds is 3. The van der Waals surface area contributed by atoms with E-state index in [4.69, 9.17) is 10.5 Å². The van der Waals surface area contributed by atoms with E-state index >= 15 is 0 Å². The molecule has 1 aliphatic carbocycles. The van der Waals surface area contributed by atoms with Crippen molar-refractivity contribution in [1.82, 2.24) is 4.90 Å². The van der Waals surface area contributed by atoms with E-state index in [9.17, 15) is 0 Å². The summed E-state index contributed by atoms with van der Waals surface area (Å²) in [4.78, 5) is 2.60. The Kier molecular flexibility index (Phi) is 4.83. The largest absolute Gasteiger partial charge is 0.376 e. The van der Waals surface area contributed by atoms with Crippen LogP contribution in [0.4, 0.5) is 0 Å². The molecule has 2 rings (SSSR count). The molecule has 0 radical (unpaired) electrons. The zero-order chi connectivity index (χ0) is 12.3. The van der Waals surface area contributed by atoms with E-state index in [0.717, 1.165) is 32.0 Å². The Bertz CT molecular complexity index is 234. The van der Waals surface area contributed by atoms with Crippen molar-refractivity contribution < 1.29 is 4.74 Å². The summed E-state index contributed by atoms with van der Waals surface area (Å²) < 4.78 is 5.75. The average molecular weight is 240 g/mol. The van der Waals surface area contributed by atoms with Crippen molar-refractivity contribution in [3.05, 3.63) is 0 Å². The van der Waals surface area contributed by atoms with Crippen molar-refractivity contribution in [1.29, 1.82) is 0 Å². The topological polar surface area (TPSA) is 38.5 Å². The van der Waals surface area contributed by atoms with Crippen LogP contribution in [-0.4, -0.2) is 42.8 Å². The molecule has 4 atom stereocenters. The smallest absolute Gasteiger partial charge is 0.0700 e. The molecule has 2 N–H and O–H groups in total. The molecule has 17 heavy (non-hydrogen) atoms. The number of morpholine rings is 1. The van der Waals surface area contributed by atoms with Crippen LogP contribution in [0.5, 0.6) is 0 Å². The Labute approximate surface area is 106 Å². The van der Waals surface area contributed by atoms with Crippen LogP contribution >= 0.6 is 0 Å². The van der Waals surface area contributed by atoms with Crippen molar-refractivity contribution in [3.63, 3.8) is 0 Å². The minimum absolute atomic E-state index is 0.383. The van der Waals surface area contributed by atoms with E-state index in [1.54, 1.807) is 0 Å². The summed E-state index contributed by atoms with van der Waals surface area (Å²) in [6.45, 7) is 7.58. The van der Waals surface area contributed by atoms with Crippen molar-refractivity contribution in [3.8, 4) is 0 Å². The van der Waals surface area contributed by atoms with Gasteiger partial charge in [-0.1, -0.05) is 20.3 Å². The number of ether oxygens (including phenoxy) is 1. The quantitative estimate of drug-likeness (QED) is 0.820. The number of hydrogen-bond donors (Lipinski definition) is 1. The van der Waals surface area contributed by atoms with Gasteiger partial charge in [-0.3, -0.25) is 4.90 Å². The molecule has 3 nitrogen and oxygen atoms in total. The Morgan fingerprint density at radius 3 is 2.76 bits per heavy atom. The summed E-state index contributed by atoms with van der Waals surface area (Å²) >= 11 is 0. The van der Waals surface area contributed by atoms with Gasteiger partial charge in [0.15, 0.2) is 0 Å². The lowest BCUT2D eigenvalue weighted by Crippen LogP contribution is -2.56. The van der Waals surface area contributed by atoms with Crippen molar-refractivity contribution in [2.24, 2.45) is 11.7 Å². The highest BCUT2D eigenvalue weighted by atomic mass is 16.5. The van der Waals surface area contributed by atoms with Gasteiger partial charge in [-0.25, -0.2) is 0 Å². The van der Waals surface area contributed by atoms with E-state index < -0.39 is 0 Å². The lowest BCUT2D eigenvalue weighted by Gasteiger charge is -2.44. The number of hydrogen-bond acceptors (Lipinski definition) is 3. The van der Waals surface area contributed by atoms with Gasteiger partial charge < -0.3 is 10.5 Å². The molecule has 0 aromatic carbocycles. The molecular formula is C14H28N2O. The molecule has 1 saturated heterocycles. The van der Waals surface area contributed by atoms with E-state index in [-0.39, 0.29) is 0 Å². The first-order valence-electron chi connectivity index (χ1n) is 7.35. The third-order valence-corrected chi connectivity index (χ3v) is 4.65. The SMILES string of the molecule is CCC1CCC(N)C(N2CCOC(CC)C2)C1. The lowest BCUT2D eigenvalue weighted by atomic mass is 9.80. The molecule has 1 aliphatic heterocycles. The lowest BCUT2D eigenvalue weighted by molar-refractivity contribution is -0.0555. The van der Waals surface area contributed by atoms with Crippen LogP contribution in [0.2, 0.25) is 0 Å². The van der Waals surface area contributed by atoms with E-state index in [1.807, 2.05) is 0 Å². The molecule has 100 valence electrons. The molecular weight excluding hydrogens is 212 g/mol. The second-order valence-electron chi connectivity index (χ2n) is 5.71. The normalized spacial score (nSPS) is 40.4. The zero-order valence-corrected chi connectivity index (χ0v) is 11.4. The van der Waals surface area contributed by atoms with Crippen LogP contribution in [0.25, 0.3) is 0 Å². The summed E-state index contributed by atoms with van der Waals surface area (Å²) in [7, 11) is 0. The fraction of sp³-hybridized carbons (Fsp3) is 1.00. The highest BCUT2D eigenvalue weighted by Crippen LogP contribution is 2.30. The van der Waals surface area contributed by atoms with Gasteiger partial charge in [0.2, 0.25) is 0 Å². The predicted molar refractivity (Wildman–Crippen MR) is 71.0 cm³/mol. The minimum atomic E-state index is 0.383. The maximum absolute atomic E-state index is 6.33. The summed E-state index contributed by atoms with van der Waals surface area (Å²) in [5, 5.41) is 0. The van der Waals surface area contributed by atoms with Gasteiger partial charge >= 0.3 is 0 Å². The van der Waals surface area contributed by atoms with Gasteiger partial charge in [-0.05, 0) is 31.6 Å². The molecule has 0 spiro atoms. The van der Waals surface area contributed by atoms with Crippen molar-refractivity contribution >= 4 is 0 Å². The highest BCUT2D eigenvalue weighted by Gasteiger charge is 2.34. The number of nitrogens with two attached hydrogens (primary N) is 1. The first kappa shape index (κ1) is 13.3. The van der Waals surface area contributed by atoms with E-state index in [1.165, 1.54) is 25.7 Å². The summed E-state index contributed by atoms with van der Waals surface area (Å²) in [6.07, 6.45) is 6.69. The van der Waals surface area contributed by atoms with Crippen LogP contribution in [-0.2, 0) is 4.74 Å². The van der Waals surface area contributed by atoms with Crippen LogP contribution in [0, 0.1) is 5.92 Å². The van der Waals surface area contributed by atoms with Crippen LogP contribution in [0.1, 0.15) is 46.0 Å². The molecule has 1 saturated carbocycles. The predicted octanol–water partition coefficient (Wildman–Crippen LogP) is 2.00. The fourth-order valence-electron chi connectivity index (χ4n) is 3.34. The van der Waals surface area contributed by atoms with Gasteiger partial charge in [-0.2, -0.15) is 0 Å². The molecule has 0 amide bonds. The average Bonchev–Trinajstić information content (AvgIpc) is 2.39. The fourth-order valence-corrected chi connectivity index (χ4v) is 3.34. The molecule has 2 aliphatic rings. The summed E-state index contributed by atoms with van der Waals surface area (Å²) in [5.41, 5.74) is 6.33. The maximum Gasteiger partial charge on any atom is 0.0700 e. The molecule has 2 fully saturated rings. The monoisotopic (exact) mass is 240 g/mol. The highest BCUT2D eigenvalue weighted by molar-refractivity contribution is 4.90. The van der Waals surface area contributed by atoms with Gasteiger partial charge in [0.1, 0.15) is 0 Å². The molecule has 0 aromatic heterocycles. The van der Waals surface area contributed by atoms with Crippen molar-refractivity contribution in [2.45, 2.75) is 64.1 Å². The minimum Gasteiger partial charge on any atom is -0.376 e. The maximum atomic E-state index is 6.33. The van der Waals surface area contributed by atoms with Gasteiger partial charge in [0.05, 0.1) is 12.7 Å². The van der Waals surface area contributed by atoms with Crippen LogP contribution in [0.15, 0.2) is 0 Å². The molecule has 0 bridgehead atoms. The van der Waals surface area contributed by atoms with E-state index in [0.29, 0.717) is 18.2 Å². The molecule has 4 unspecified atom stereocenters. The van der Waals surface area contributed by atoms with Crippen molar-refractivity contribution in [2.75, 3.05) is 19.7 Å². The molecule has 1 heterocycles. The second kappa shape index (κ2) is 6.17. The Morgan fingerprint density at radius 1 is 1.24 bits per heavy atom. The molecule has 3 heteroatoms. The van der Waals surface area contributed by atoms with Crippen LogP contribution in [0.3, 0.4) is 0 Å². The zero-order valence-electron chi connectivity index (χ0n) is 11.4. The Balaban J connectivity index is 1.94. The van der Waals surface area contributed by atoms with Gasteiger partial charge in [0.25, 0.3) is 0 Å². The third-order valence-electron chi connectivity index (χ3n) is 4.65. The van der Waals surface area contributed by atoms with Gasteiger partial charge in [-0.15, -0.1) is 0 Å². The van der Waals surface area contributed by atoms with Crippen LogP contribution < -0.4 is 5.73 Å². The van der Waals surface area contributed by atoms with Gasteiger partial charge in [0, 0.05) is 25.2 Å². The second-order valence-corrected chi connectivity index (χ2v) is 5.71. The Morgan fingerprint density at radius 2 is 2.06 bits per heavy atom. The summed E-state index contributed by atoms with van der Waals surface area (Å²) in [5.74, 6) is 0.891. The third kappa shape index (κ3) is 3.21. The first-order valence-corrected chi connectivity index (χ1v) is 7.35. The molecule has 0 aromatic rings. The first-order chi connectivity index (χ1) is 8.24.